The van der Waals surface area contributed by atoms with E-state index in [0.29, 0.717) is 5.92 Å². The van der Waals surface area contributed by atoms with E-state index >= 15 is 0 Å². The third kappa shape index (κ3) is 3.50. The topological polar surface area (TPSA) is 69.1 Å². The summed E-state index contributed by atoms with van der Waals surface area (Å²) in [5.74, 6) is 1.70. The first kappa shape index (κ1) is 13.9. The molecule has 104 valence electrons. The van der Waals surface area contributed by atoms with E-state index in [9.17, 15) is 0 Å². The average Bonchev–Trinajstić information content (AvgIpc) is 2.78. The molecule has 0 aliphatic carbocycles. The Hall–Kier alpha value is -1.49. The standard InChI is InChI=1S/C14H23N5/c1-3-4-12(7-8-15)5-6-13-17-18-14-9-11(2)16-10-19(13)14/h9-10,12H,3-8,15H2,1-2H3. The van der Waals surface area contributed by atoms with Crippen LogP contribution in [-0.2, 0) is 6.42 Å². The summed E-state index contributed by atoms with van der Waals surface area (Å²) in [6, 6.07) is 1.96. The van der Waals surface area contributed by atoms with Crippen molar-refractivity contribution in [3.05, 3.63) is 23.9 Å². The molecule has 0 aliphatic rings. The highest BCUT2D eigenvalue weighted by Crippen LogP contribution is 2.17. The van der Waals surface area contributed by atoms with Crippen molar-refractivity contribution in [2.45, 2.75) is 46.0 Å². The third-order valence-electron chi connectivity index (χ3n) is 3.56. The molecule has 2 rings (SSSR count). The smallest absolute Gasteiger partial charge is 0.163 e. The Balaban J connectivity index is 2.04. The number of nitrogens with zero attached hydrogens (tertiary/aromatic N) is 4. The lowest BCUT2D eigenvalue weighted by Gasteiger charge is -2.13. The summed E-state index contributed by atoms with van der Waals surface area (Å²) in [5.41, 5.74) is 7.53. The largest absolute Gasteiger partial charge is 0.330 e. The molecule has 0 fully saturated rings. The molecule has 2 aromatic rings. The van der Waals surface area contributed by atoms with E-state index in [4.69, 9.17) is 5.73 Å². The Morgan fingerprint density at radius 3 is 2.84 bits per heavy atom. The van der Waals surface area contributed by atoms with Crippen molar-refractivity contribution in [3.63, 3.8) is 0 Å². The van der Waals surface area contributed by atoms with Crippen LogP contribution in [0.25, 0.3) is 5.65 Å². The van der Waals surface area contributed by atoms with Gasteiger partial charge in [-0.3, -0.25) is 4.40 Å². The minimum absolute atomic E-state index is 0.695. The van der Waals surface area contributed by atoms with Crippen molar-refractivity contribution in [1.82, 2.24) is 19.6 Å². The zero-order chi connectivity index (χ0) is 13.7. The summed E-state index contributed by atoms with van der Waals surface area (Å²) >= 11 is 0. The van der Waals surface area contributed by atoms with Gasteiger partial charge in [0.1, 0.15) is 12.2 Å². The Kier molecular flexibility index (Phi) is 4.85. The number of hydrogen-bond donors (Lipinski definition) is 1. The lowest BCUT2D eigenvalue weighted by Crippen LogP contribution is -2.10. The molecule has 5 nitrogen and oxygen atoms in total. The second-order valence-electron chi connectivity index (χ2n) is 5.15. The van der Waals surface area contributed by atoms with Gasteiger partial charge >= 0.3 is 0 Å². The van der Waals surface area contributed by atoms with Crippen molar-refractivity contribution in [1.29, 1.82) is 0 Å². The molecule has 2 heterocycles. The van der Waals surface area contributed by atoms with Gasteiger partial charge in [-0.15, -0.1) is 10.2 Å². The second kappa shape index (κ2) is 6.61. The number of fused-ring (bicyclic) bond motifs is 1. The maximum Gasteiger partial charge on any atom is 0.163 e. The fraction of sp³-hybridized carbons (Fsp3) is 0.643. The zero-order valence-electron chi connectivity index (χ0n) is 11.8. The number of hydrogen-bond acceptors (Lipinski definition) is 4. The normalized spacial score (nSPS) is 13.0. The van der Waals surface area contributed by atoms with Gasteiger partial charge in [-0.05, 0) is 32.2 Å². The third-order valence-corrected chi connectivity index (χ3v) is 3.56. The van der Waals surface area contributed by atoms with Crippen molar-refractivity contribution < 1.29 is 0 Å². The number of rotatable bonds is 7. The van der Waals surface area contributed by atoms with Crippen LogP contribution < -0.4 is 5.73 Å². The maximum absolute atomic E-state index is 5.67. The van der Waals surface area contributed by atoms with Crippen molar-refractivity contribution in [2.75, 3.05) is 6.54 Å². The molecule has 0 aromatic carbocycles. The quantitative estimate of drug-likeness (QED) is 0.829. The molecule has 5 heteroatoms. The van der Waals surface area contributed by atoms with Gasteiger partial charge in [0.05, 0.1) is 0 Å². The monoisotopic (exact) mass is 261 g/mol. The van der Waals surface area contributed by atoms with Crippen LogP contribution in [0.3, 0.4) is 0 Å². The fourth-order valence-electron chi connectivity index (χ4n) is 2.52. The van der Waals surface area contributed by atoms with Crippen molar-refractivity contribution >= 4 is 5.65 Å². The molecule has 0 spiro atoms. The fourth-order valence-corrected chi connectivity index (χ4v) is 2.52. The van der Waals surface area contributed by atoms with Gasteiger partial charge in [0, 0.05) is 18.2 Å². The Labute approximate surface area is 114 Å². The SMILES string of the molecule is CCCC(CCN)CCc1nnc2cc(C)ncn12. The predicted molar refractivity (Wildman–Crippen MR) is 75.9 cm³/mol. The Morgan fingerprint density at radius 2 is 2.11 bits per heavy atom. The number of nitrogens with two attached hydrogens (primary N) is 1. The van der Waals surface area contributed by atoms with E-state index in [0.717, 1.165) is 43.0 Å². The second-order valence-corrected chi connectivity index (χ2v) is 5.15. The van der Waals surface area contributed by atoms with Crippen LogP contribution >= 0.6 is 0 Å². The van der Waals surface area contributed by atoms with Gasteiger partial charge in [0.25, 0.3) is 0 Å². The summed E-state index contributed by atoms with van der Waals surface area (Å²) < 4.78 is 1.98. The van der Waals surface area contributed by atoms with E-state index in [2.05, 4.69) is 22.1 Å². The first-order valence-electron chi connectivity index (χ1n) is 7.11. The van der Waals surface area contributed by atoms with E-state index < -0.39 is 0 Å². The van der Waals surface area contributed by atoms with Crippen LogP contribution in [0.5, 0.6) is 0 Å². The van der Waals surface area contributed by atoms with Crippen LogP contribution in [0.15, 0.2) is 12.4 Å². The molecular formula is C14H23N5. The van der Waals surface area contributed by atoms with Crippen LogP contribution in [0.2, 0.25) is 0 Å². The maximum atomic E-state index is 5.67. The molecule has 2 N–H and O–H groups in total. The number of aromatic nitrogens is 4. The lowest BCUT2D eigenvalue weighted by atomic mass is 9.94. The van der Waals surface area contributed by atoms with E-state index in [1.54, 1.807) is 0 Å². The molecule has 0 saturated carbocycles. The van der Waals surface area contributed by atoms with E-state index in [-0.39, 0.29) is 0 Å². The molecule has 19 heavy (non-hydrogen) atoms. The highest BCUT2D eigenvalue weighted by atomic mass is 15.3. The molecule has 1 atom stereocenters. The Morgan fingerprint density at radius 1 is 1.26 bits per heavy atom. The minimum Gasteiger partial charge on any atom is -0.330 e. The molecule has 0 radical (unpaired) electrons. The van der Waals surface area contributed by atoms with Crippen LogP contribution in [-0.4, -0.2) is 26.1 Å². The minimum atomic E-state index is 0.695. The summed E-state index contributed by atoms with van der Waals surface area (Å²) in [6.45, 7) is 4.96. The predicted octanol–water partition coefficient (Wildman–Crippen LogP) is 2.13. The first-order chi connectivity index (χ1) is 9.24. The molecule has 2 aromatic heterocycles. The van der Waals surface area contributed by atoms with E-state index in [1.165, 1.54) is 12.8 Å². The molecule has 1 unspecified atom stereocenters. The van der Waals surface area contributed by atoms with Gasteiger partial charge in [0.15, 0.2) is 5.65 Å². The van der Waals surface area contributed by atoms with Crippen LogP contribution in [0.4, 0.5) is 0 Å². The van der Waals surface area contributed by atoms with Crippen molar-refractivity contribution in [2.24, 2.45) is 11.7 Å². The molecule has 0 amide bonds. The van der Waals surface area contributed by atoms with Crippen LogP contribution in [0.1, 0.15) is 44.1 Å². The highest BCUT2D eigenvalue weighted by Gasteiger charge is 2.11. The number of aryl methyl sites for hydroxylation is 2. The van der Waals surface area contributed by atoms with Gasteiger partial charge < -0.3 is 5.73 Å². The first-order valence-corrected chi connectivity index (χ1v) is 7.11. The van der Waals surface area contributed by atoms with E-state index in [1.807, 2.05) is 23.7 Å². The van der Waals surface area contributed by atoms with Gasteiger partial charge in [0.2, 0.25) is 0 Å². The summed E-state index contributed by atoms with van der Waals surface area (Å²) in [7, 11) is 0. The lowest BCUT2D eigenvalue weighted by molar-refractivity contribution is 0.417. The van der Waals surface area contributed by atoms with Crippen LogP contribution in [0, 0.1) is 12.8 Å². The molecular weight excluding hydrogens is 238 g/mol. The zero-order valence-corrected chi connectivity index (χ0v) is 11.8. The van der Waals surface area contributed by atoms with Crippen molar-refractivity contribution in [3.8, 4) is 0 Å². The Bertz CT molecular complexity index is 514. The summed E-state index contributed by atoms with van der Waals surface area (Å²) in [5, 5.41) is 8.47. The van der Waals surface area contributed by atoms with Gasteiger partial charge in [-0.1, -0.05) is 19.8 Å². The molecule has 0 saturated heterocycles. The van der Waals surface area contributed by atoms with Gasteiger partial charge in [-0.25, -0.2) is 4.98 Å². The van der Waals surface area contributed by atoms with Gasteiger partial charge in [-0.2, -0.15) is 0 Å². The molecule has 0 bridgehead atoms. The summed E-state index contributed by atoms with van der Waals surface area (Å²) in [4.78, 5) is 4.30. The molecule has 0 aliphatic heterocycles. The summed E-state index contributed by atoms with van der Waals surface area (Å²) in [6.07, 6.45) is 7.44. The average molecular weight is 261 g/mol. The highest BCUT2D eigenvalue weighted by molar-refractivity contribution is 5.37.